The molecule has 0 aromatic heterocycles. The highest BCUT2D eigenvalue weighted by molar-refractivity contribution is 6.00. The Hall–Kier alpha value is -4.30. The van der Waals surface area contributed by atoms with Gasteiger partial charge in [-0.3, -0.25) is 4.79 Å². The molecular weight excluding hydrogens is 448 g/mol. The van der Waals surface area contributed by atoms with Gasteiger partial charge in [-0.25, -0.2) is 0 Å². The third-order valence-corrected chi connectivity index (χ3v) is 6.98. The molecule has 0 unspecified atom stereocenters. The number of rotatable bonds is 6. The Kier molecular flexibility index (Phi) is 6.60. The Labute approximate surface area is 211 Å². The van der Waals surface area contributed by atoms with Crippen LogP contribution < -0.4 is 14.8 Å². The van der Waals surface area contributed by atoms with Crippen molar-refractivity contribution in [3.8, 4) is 17.6 Å². The molecule has 5 heteroatoms. The lowest BCUT2D eigenvalue weighted by Gasteiger charge is -2.35. The molecular formula is C31H28N2O3. The average Bonchev–Trinajstić information content (AvgIpc) is 2.92. The summed E-state index contributed by atoms with van der Waals surface area (Å²) in [5.74, 6) is 0.945. The molecule has 0 saturated heterocycles. The van der Waals surface area contributed by atoms with E-state index in [0.29, 0.717) is 35.7 Å². The van der Waals surface area contributed by atoms with Crippen LogP contribution in [0.5, 0.6) is 11.5 Å². The van der Waals surface area contributed by atoms with Crippen LogP contribution in [0.2, 0.25) is 0 Å². The van der Waals surface area contributed by atoms with Crippen LogP contribution in [0.25, 0.3) is 0 Å². The molecule has 36 heavy (non-hydrogen) atoms. The number of benzene rings is 3. The molecule has 5 nitrogen and oxygen atoms in total. The summed E-state index contributed by atoms with van der Waals surface area (Å²) in [6.45, 7) is 2.32. The number of allylic oxidation sites excluding steroid dienone is 4. The third-order valence-electron chi connectivity index (χ3n) is 6.98. The second-order valence-electron chi connectivity index (χ2n) is 9.22. The van der Waals surface area contributed by atoms with Crippen LogP contribution in [0.1, 0.15) is 48.3 Å². The zero-order chi connectivity index (χ0) is 25.1. The van der Waals surface area contributed by atoms with Crippen LogP contribution in [-0.2, 0) is 11.4 Å². The Morgan fingerprint density at radius 2 is 1.67 bits per heavy atom. The van der Waals surface area contributed by atoms with Gasteiger partial charge < -0.3 is 14.8 Å². The van der Waals surface area contributed by atoms with Gasteiger partial charge in [0, 0.05) is 23.4 Å². The highest BCUT2D eigenvalue weighted by atomic mass is 16.5. The van der Waals surface area contributed by atoms with Crippen molar-refractivity contribution >= 4 is 5.78 Å². The van der Waals surface area contributed by atoms with Gasteiger partial charge in [-0.2, -0.15) is 5.26 Å². The number of nitrogens with one attached hydrogen (secondary N) is 1. The topological polar surface area (TPSA) is 71.3 Å². The molecule has 180 valence electrons. The number of carbonyl (C=O) groups excluding carboxylic acids is 1. The number of hydrogen-bond acceptors (Lipinski definition) is 5. The van der Waals surface area contributed by atoms with E-state index in [1.54, 1.807) is 7.11 Å². The number of nitriles is 1. The van der Waals surface area contributed by atoms with E-state index >= 15 is 0 Å². The summed E-state index contributed by atoms with van der Waals surface area (Å²) in [4.78, 5) is 13.6. The molecule has 0 amide bonds. The highest BCUT2D eigenvalue weighted by Gasteiger charge is 2.39. The summed E-state index contributed by atoms with van der Waals surface area (Å²) in [5.41, 5.74) is 5.99. The van der Waals surface area contributed by atoms with Gasteiger partial charge in [-0.1, -0.05) is 66.7 Å². The number of nitrogens with zero attached hydrogens (tertiary/aromatic N) is 1. The fourth-order valence-electron chi connectivity index (χ4n) is 5.20. The first-order valence-electron chi connectivity index (χ1n) is 12.1. The van der Waals surface area contributed by atoms with Gasteiger partial charge in [0.25, 0.3) is 0 Å². The first-order valence-corrected chi connectivity index (χ1v) is 12.1. The largest absolute Gasteiger partial charge is 0.493 e. The second-order valence-corrected chi connectivity index (χ2v) is 9.22. The summed E-state index contributed by atoms with van der Waals surface area (Å²) >= 11 is 0. The zero-order valence-electron chi connectivity index (χ0n) is 20.5. The van der Waals surface area contributed by atoms with E-state index in [9.17, 15) is 10.1 Å². The lowest BCUT2D eigenvalue weighted by Crippen LogP contribution is -2.33. The summed E-state index contributed by atoms with van der Waals surface area (Å²) in [6.07, 6.45) is 1.15. The van der Waals surface area contributed by atoms with Gasteiger partial charge in [0.1, 0.15) is 6.61 Å². The molecule has 0 saturated carbocycles. The summed E-state index contributed by atoms with van der Waals surface area (Å²) in [6, 6.07) is 28.1. The molecule has 0 bridgehead atoms. The van der Waals surface area contributed by atoms with Gasteiger partial charge >= 0.3 is 0 Å². The van der Waals surface area contributed by atoms with E-state index in [1.165, 1.54) is 0 Å². The van der Waals surface area contributed by atoms with Gasteiger partial charge in [0.05, 0.1) is 24.7 Å². The SMILES string of the molecule is COc1cc([C@H]2C(C#N)=C(C)NC3=C2C(=O)C[C@H](c2ccccc2)C3)ccc1OCc1ccccc1. The normalized spacial score (nSPS) is 19.3. The van der Waals surface area contributed by atoms with Crippen molar-refractivity contribution in [3.63, 3.8) is 0 Å². The van der Waals surface area contributed by atoms with E-state index in [2.05, 4.69) is 23.5 Å². The average molecular weight is 477 g/mol. The third kappa shape index (κ3) is 4.50. The van der Waals surface area contributed by atoms with E-state index < -0.39 is 5.92 Å². The lowest BCUT2D eigenvalue weighted by atomic mass is 9.72. The summed E-state index contributed by atoms with van der Waals surface area (Å²) in [5, 5.41) is 13.4. The molecule has 0 radical (unpaired) electrons. The number of ether oxygens (including phenoxy) is 2. The molecule has 3 aromatic carbocycles. The maximum absolute atomic E-state index is 13.6. The fraction of sp³-hybridized carbons (Fsp3) is 0.226. The van der Waals surface area contributed by atoms with E-state index in [4.69, 9.17) is 9.47 Å². The van der Waals surface area contributed by atoms with Crippen molar-refractivity contribution in [3.05, 3.63) is 118 Å². The van der Waals surface area contributed by atoms with Gasteiger partial charge in [-0.05, 0) is 48.1 Å². The molecule has 1 heterocycles. The van der Waals surface area contributed by atoms with E-state index in [-0.39, 0.29) is 11.7 Å². The Bertz CT molecular complexity index is 1380. The summed E-state index contributed by atoms with van der Waals surface area (Å²) < 4.78 is 11.7. The summed E-state index contributed by atoms with van der Waals surface area (Å²) in [7, 11) is 1.60. The number of ketones is 1. The van der Waals surface area contributed by atoms with Crippen molar-refractivity contribution in [1.82, 2.24) is 5.32 Å². The van der Waals surface area contributed by atoms with Crippen molar-refractivity contribution in [2.75, 3.05) is 7.11 Å². The standard InChI is InChI=1S/C31H28N2O3/c1-20-25(18-32)30(31-26(33-20)15-24(16-27(31)34)22-11-7-4-8-12-22)23-13-14-28(29(17-23)35-2)36-19-21-9-5-3-6-10-21/h3-14,17,24,30,33H,15-16,19H2,1-2H3/t24-,30+/m1/s1. The highest BCUT2D eigenvalue weighted by Crippen LogP contribution is 2.46. The predicted octanol–water partition coefficient (Wildman–Crippen LogP) is 6.16. The number of carbonyl (C=O) groups is 1. The lowest BCUT2D eigenvalue weighted by molar-refractivity contribution is -0.116. The molecule has 1 aliphatic carbocycles. The van der Waals surface area contributed by atoms with Crippen LogP contribution in [0.4, 0.5) is 0 Å². The minimum absolute atomic E-state index is 0.0752. The van der Waals surface area contributed by atoms with Crippen molar-refractivity contribution < 1.29 is 14.3 Å². The molecule has 2 atom stereocenters. The molecule has 0 spiro atoms. The van der Waals surface area contributed by atoms with E-state index in [1.807, 2.05) is 73.7 Å². The van der Waals surface area contributed by atoms with Crippen LogP contribution in [0, 0.1) is 11.3 Å². The van der Waals surface area contributed by atoms with Gasteiger partial charge in [0.15, 0.2) is 17.3 Å². The van der Waals surface area contributed by atoms with Crippen LogP contribution >= 0.6 is 0 Å². The number of Topliss-reactive ketones (excluding diaryl/α,β-unsaturated/α-hetero) is 1. The Morgan fingerprint density at radius 1 is 0.944 bits per heavy atom. The molecule has 3 aromatic rings. The van der Waals surface area contributed by atoms with Crippen LogP contribution in [-0.4, -0.2) is 12.9 Å². The van der Waals surface area contributed by atoms with Crippen molar-refractivity contribution in [2.24, 2.45) is 0 Å². The fourth-order valence-corrected chi connectivity index (χ4v) is 5.20. The van der Waals surface area contributed by atoms with Crippen LogP contribution in [0.3, 0.4) is 0 Å². The number of hydrogen-bond donors (Lipinski definition) is 1. The minimum Gasteiger partial charge on any atom is -0.493 e. The maximum atomic E-state index is 13.6. The molecule has 5 rings (SSSR count). The first kappa shape index (κ1) is 23.4. The number of methoxy groups -OCH3 is 1. The Balaban J connectivity index is 1.49. The zero-order valence-corrected chi connectivity index (χ0v) is 20.5. The van der Waals surface area contributed by atoms with E-state index in [0.717, 1.165) is 34.5 Å². The van der Waals surface area contributed by atoms with Crippen molar-refractivity contribution in [2.45, 2.75) is 38.2 Å². The first-order chi connectivity index (χ1) is 17.6. The molecule has 1 aliphatic heterocycles. The predicted molar refractivity (Wildman–Crippen MR) is 138 cm³/mol. The monoisotopic (exact) mass is 476 g/mol. The second kappa shape index (κ2) is 10.1. The number of dihydropyridines is 1. The maximum Gasteiger partial charge on any atom is 0.162 e. The Morgan fingerprint density at radius 3 is 2.36 bits per heavy atom. The molecule has 2 aliphatic rings. The minimum atomic E-state index is -0.437. The molecule has 1 N–H and O–H groups in total. The quantitative estimate of drug-likeness (QED) is 0.461. The van der Waals surface area contributed by atoms with Crippen molar-refractivity contribution in [1.29, 1.82) is 5.26 Å². The smallest absolute Gasteiger partial charge is 0.162 e. The van der Waals surface area contributed by atoms with Gasteiger partial charge in [0.2, 0.25) is 0 Å². The van der Waals surface area contributed by atoms with Crippen LogP contribution in [0.15, 0.2) is 101 Å². The molecule has 0 fully saturated rings. The van der Waals surface area contributed by atoms with Gasteiger partial charge in [-0.15, -0.1) is 0 Å².